The van der Waals surface area contributed by atoms with Crippen LogP contribution in [0.1, 0.15) is 37.8 Å². The van der Waals surface area contributed by atoms with Gasteiger partial charge in [0.15, 0.2) is 6.61 Å². The number of carbonyl (C=O) groups excluding carboxylic acids is 2. The van der Waals surface area contributed by atoms with Gasteiger partial charge in [-0.05, 0) is 50.1 Å². The third-order valence-corrected chi connectivity index (χ3v) is 5.17. The number of hydrogen-bond donors (Lipinski definition) is 1. The van der Waals surface area contributed by atoms with E-state index in [1.54, 1.807) is 11.8 Å². The van der Waals surface area contributed by atoms with Crippen LogP contribution >= 0.6 is 15.9 Å². The number of unbranched alkanes of at least 4 members (excludes halogenated alkanes) is 1. The summed E-state index contributed by atoms with van der Waals surface area (Å²) in [5.41, 5.74) is 2.07. The highest BCUT2D eigenvalue weighted by atomic mass is 79.9. The van der Waals surface area contributed by atoms with E-state index in [2.05, 4.69) is 28.2 Å². The lowest BCUT2D eigenvalue weighted by atomic mass is 10.1. The third kappa shape index (κ3) is 7.54. The van der Waals surface area contributed by atoms with Crippen molar-refractivity contribution in [1.82, 2.24) is 10.2 Å². The number of nitrogens with zero attached hydrogens (tertiary/aromatic N) is 1. The Balaban J connectivity index is 2.08. The second-order valence-corrected chi connectivity index (χ2v) is 7.99. The van der Waals surface area contributed by atoms with Gasteiger partial charge in [0.05, 0.1) is 0 Å². The summed E-state index contributed by atoms with van der Waals surface area (Å²) in [7, 11) is 0. The molecule has 2 rings (SSSR count). The van der Waals surface area contributed by atoms with E-state index in [9.17, 15) is 9.59 Å². The number of carbonyl (C=O) groups is 2. The van der Waals surface area contributed by atoms with Gasteiger partial charge in [0.25, 0.3) is 5.91 Å². The number of benzene rings is 2. The van der Waals surface area contributed by atoms with Crippen LogP contribution in [0.2, 0.25) is 0 Å². The maximum Gasteiger partial charge on any atom is 0.261 e. The molecule has 0 heterocycles. The fraction of sp³-hybridized carbons (Fsp3) is 0.391. The topological polar surface area (TPSA) is 58.6 Å². The first-order valence-electron chi connectivity index (χ1n) is 9.91. The second-order valence-electron chi connectivity index (χ2n) is 7.07. The predicted molar refractivity (Wildman–Crippen MR) is 119 cm³/mol. The Morgan fingerprint density at radius 2 is 1.76 bits per heavy atom. The molecule has 0 aromatic heterocycles. The van der Waals surface area contributed by atoms with Gasteiger partial charge in [-0.25, -0.2) is 0 Å². The first kappa shape index (κ1) is 22.9. The van der Waals surface area contributed by atoms with Crippen molar-refractivity contribution in [2.45, 2.75) is 46.2 Å². The van der Waals surface area contributed by atoms with Crippen molar-refractivity contribution in [1.29, 1.82) is 0 Å². The zero-order valence-corrected chi connectivity index (χ0v) is 18.9. The van der Waals surface area contributed by atoms with Gasteiger partial charge in [-0.3, -0.25) is 9.59 Å². The van der Waals surface area contributed by atoms with E-state index in [4.69, 9.17) is 4.74 Å². The number of amides is 2. The van der Waals surface area contributed by atoms with Crippen molar-refractivity contribution in [2.75, 3.05) is 13.2 Å². The van der Waals surface area contributed by atoms with Gasteiger partial charge in [0.1, 0.15) is 11.8 Å². The fourth-order valence-corrected chi connectivity index (χ4v) is 3.03. The van der Waals surface area contributed by atoms with E-state index in [1.807, 2.05) is 55.5 Å². The molecule has 0 aliphatic carbocycles. The SMILES string of the molecule is CCCCNC(=O)[C@H](C)N(Cc1ccc(Br)cc1)C(=O)COc1ccc(C)cc1. The van der Waals surface area contributed by atoms with Gasteiger partial charge >= 0.3 is 0 Å². The summed E-state index contributed by atoms with van der Waals surface area (Å²) in [5, 5.41) is 2.91. The molecule has 0 aliphatic rings. The number of aryl methyl sites for hydroxylation is 1. The zero-order chi connectivity index (χ0) is 21.2. The highest BCUT2D eigenvalue weighted by Gasteiger charge is 2.26. The molecule has 0 bridgehead atoms. The van der Waals surface area contributed by atoms with E-state index in [0.29, 0.717) is 18.8 Å². The summed E-state index contributed by atoms with van der Waals surface area (Å²) in [5.74, 6) is 0.249. The zero-order valence-electron chi connectivity index (χ0n) is 17.3. The van der Waals surface area contributed by atoms with E-state index in [-0.39, 0.29) is 18.4 Å². The van der Waals surface area contributed by atoms with Gasteiger partial charge in [-0.1, -0.05) is 59.1 Å². The van der Waals surface area contributed by atoms with Gasteiger partial charge in [0, 0.05) is 17.6 Å². The number of rotatable bonds is 10. The maximum atomic E-state index is 12.9. The summed E-state index contributed by atoms with van der Waals surface area (Å²) in [6.45, 7) is 6.65. The predicted octanol–water partition coefficient (Wildman–Crippen LogP) is 4.47. The molecular formula is C23H29BrN2O3. The fourth-order valence-electron chi connectivity index (χ4n) is 2.77. The van der Waals surface area contributed by atoms with Crippen LogP contribution in [0.15, 0.2) is 53.0 Å². The average molecular weight is 461 g/mol. The summed E-state index contributed by atoms with van der Waals surface area (Å²) in [4.78, 5) is 27.1. The van der Waals surface area contributed by atoms with Crippen LogP contribution in [0.25, 0.3) is 0 Å². The van der Waals surface area contributed by atoms with Crippen LogP contribution in [0.5, 0.6) is 5.75 Å². The Kier molecular flexibility index (Phi) is 9.19. The summed E-state index contributed by atoms with van der Waals surface area (Å²) >= 11 is 3.42. The number of halogens is 1. The lowest BCUT2D eigenvalue weighted by Gasteiger charge is -2.28. The van der Waals surface area contributed by atoms with Crippen LogP contribution in [0, 0.1) is 6.92 Å². The number of ether oxygens (including phenoxy) is 1. The van der Waals surface area contributed by atoms with Crippen molar-refractivity contribution in [3.63, 3.8) is 0 Å². The van der Waals surface area contributed by atoms with Crippen LogP contribution in [0.3, 0.4) is 0 Å². The van der Waals surface area contributed by atoms with Gasteiger partial charge in [-0.15, -0.1) is 0 Å². The van der Waals surface area contributed by atoms with Crippen molar-refractivity contribution < 1.29 is 14.3 Å². The number of nitrogens with one attached hydrogen (secondary N) is 1. The van der Waals surface area contributed by atoms with Crippen LogP contribution in [-0.2, 0) is 16.1 Å². The molecule has 0 fully saturated rings. The van der Waals surface area contributed by atoms with Crippen molar-refractivity contribution in [2.24, 2.45) is 0 Å². The molecule has 2 aromatic rings. The van der Waals surface area contributed by atoms with Gasteiger partial charge in [-0.2, -0.15) is 0 Å². The minimum Gasteiger partial charge on any atom is -0.484 e. The standard InChI is InChI=1S/C23H29BrN2O3/c1-4-5-14-25-23(28)18(3)26(15-19-8-10-20(24)11-9-19)22(27)16-29-21-12-6-17(2)7-13-21/h6-13,18H,4-5,14-16H2,1-3H3,(H,25,28)/t18-/m0/s1. The second kappa shape index (κ2) is 11.6. The molecule has 5 nitrogen and oxygen atoms in total. The average Bonchev–Trinajstić information content (AvgIpc) is 2.72. The Morgan fingerprint density at radius 1 is 1.10 bits per heavy atom. The number of hydrogen-bond acceptors (Lipinski definition) is 3. The van der Waals surface area contributed by atoms with Crippen LogP contribution < -0.4 is 10.1 Å². The summed E-state index contributed by atoms with van der Waals surface area (Å²) in [6.07, 6.45) is 1.91. The van der Waals surface area contributed by atoms with Crippen molar-refractivity contribution >= 4 is 27.7 Å². The van der Waals surface area contributed by atoms with Crippen LogP contribution in [0.4, 0.5) is 0 Å². The maximum absolute atomic E-state index is 12.9. The summed E-state index contributed by atoms with van der Waals surface area (Å²) in [6, 6.07) is 14.7. The van der Waals surface area contributed by atoms with Crippen LogP contribution in [-0.4, -0.2) is 35.9 Å². The molecule has 0 unspecified atom stereocenters. The molecule has 2 amide bonds. The van der Waals surface area contributed by atoms with Crippen molar-refractivity contribution in [3.05, 3.63) is 64.1 Å². The molecule has 0 radical (unpaired) electrons. The molecule has 0 saturated carbocycles. The third-order valence-electron chi connectivity index (χ3n) is 4.65. The van der Waals surface area contributed by atoms with Crippen molar-refractivity contribution in [3.8, 4) is 5.75 Å². The first-order valence-corrected chi connectivity index (χ1v) is 10.7. The van der Waals surface area contributed by atoms with Gasteiger partial charge in [0.2, 0.25) is 5.91 Å². The molecule has 29 heavy (non-hydrogen) atoms. The Labute approximate surface area is 181 Å². The quantitative estimate of drug-likeness (QED) is 0.532. The molecule has 0 spiro atoms. The summed E-state index contributed by atoms with van der Waals surface area (Å²) < 4.78 is 6.62. The smallest absolute Gasteiger partial charge is 0.261 e. The highest BCUT2D eigenvalue weighted by molar-refractivity contribution is 9.10. The normalized spacial score (nSPS) is 11.6. The van der Waals surface area contributed by atoms with E-state index in [1.165, 1.54) is 0 Å². The molecule has 1 atom stereocenters. The Morgan fingerprint density at radius 3 is 2.38 bits per heavy atom. The largest absolute Gasteiger partial charge is 0.484 e. The highest BCUT2D eigenvalue weighted by Crippen LogP contribution is 2.16. The van der Waals surface area contributed by atoms with E-state index in [0.717, 1.165) is 28.4 Å². The molecule has 6 heteroatoms. The molecule has 1 N–H and O–H groups in total. The van der Waals surface area contributed by atoms with Gasteiger partial charge < -0.3 is 15.0 Å². The Bertz CT molecular complexity index is 791. The monoisotopic (exact) mass is 460 g/mol. The lowest BCUT2D eigenvalue weighted by Crippen LogP contribution is -2.49. The first-order chi connectivity index (χ1) is 13.9. The molecule has 0 aliphatic heterocycles. The molecule has 0 saturated heterocycles. The minimum atomic E-state index is -0.593. The molecule has 2 aromatic carbocycles. The van der Waals surface area contributed by atoms with E-state index >= 15 is 0 Å². The minimum absolute atomic E-state index is 0.119. The Hall–Kier alpha value is -2.34. The lowest BCUT2D eigenvalue weighted by molar-refractivity contribution is -0.142. The van der Waals surface area contributed by atoms with E-state index < -0.39 is 6.04 Å². The molecule has 156 valence electrons. The molecular weight excluding hydrogens is 432 g/mol.